The number of hydrogen-bond donors (Lipinski definition) is 1. The van der Waals surface area contributed by atoms with Crippen LogP contribution >= 0.6 is 52.7 Å². The van der Waals surface area contributed by atoms with Crippen LogP contribution in [0.2, 0.25) is 0 Å². The summed E-state index contributed by atoms with van der Waals surface area (Å²) in [5.41, 5.74) is 5.27. The number of fused-ring (bicyclic) bond motifs is 5. The highest BCUT2D eigenvalue weighted by molar-refractivity contribution is 8.26. The van der Waals surface area contributed by atoms with Gasteiger partial charge in [-0.15, -0.1) is 46.6 Å². The van der Waals surface area contributed by atoms with E-state index in [1.807, 2.05) is 40.9 Å². The topological polar surface area (TPSA) is 0 Å². The fourth-order valence-corrected chi connectivity index (χ4v) is 15.0. The fourth-order valence-electron chi connectivity index (χ4n) is 5.19. The molecule has 2 aromatic carbocycles. The summed E-state index contributed by atoms with van der Waals surface area (Å²) in [6.45, 7) is 8.63. The number of aryl methyl sites for hydroxylation is 2. The quantitative estimate of drug-likeness (QED) is 0.124. The summed E-state index contributed by atoms with van der Waals surface area (Å²) >= 11 is 17.1. The van der Waals surface area contributed by atoms with Gasteiger partial charge >= 0.3 is 0 Å². The molecular formula is C30H25PS5. The van der Waals surface area contributed by atoms with Crippen molar-refractivity contribution in [1.29, 1.82) is 0 Å². The van der Waals surface area contributed by atoms with E-state index in [1.165, 1.54) is 67.1 Å². The monoisotopic (exact) mass is 576 g/mol. The predicted octanol–water partition coefficient (Wildman–Crippen LogP) is 9.28. The zero-order chi connectivity index (χ0) is 25.2. The van der Waals surface area contributed by atoms with Crippen LogP contribution in [0.25, 0.3) is 36.5 Å². The number of rotatable bonds is 4. The second-order valence-electron chi connectivity index (χ2n) is 9.06. The van der Waals surface area contributed by atoms with Gasteiger partial charge in [-0.25, -0.2) is 0 Å². The third-order valence-corrected chi connectivity index (χ3v) is 15.6. The van der Waals surface area contributed by atoms with Gasteiger partial charge in [-0.1, -0.05) is 72.5 Å². The van der Waals surface area contributed by atoms with Crippen LogP contribution in [0, 0.1) is 13.8 Å². The summed E-state index contributed by atoms with van der Waals surface area (Å²) in [6.07, 6.45) is 4.41. The van der Waals surface area contributed by atoms with Crippen molar-refractivity contribution >= 4 is 95.4 Å². The minimum atomic E-state index is -2.16. The molecule has 0 N–H and O–H groups in total. The van der Waals surface area contributed by atoms with Gasteiger partial charge in [-0.3, -0.25) is 0 Å². The highest BCUT2D eigenvalue weighted by Crippen LogP contribution is 2.60. The minimum Gasteiger partial charge on any atom is -0.148 e. The van der Waals surface area contributed by atoms with E-state index < -0.39 is 6.04 Å². The number of allylic oxidation sites excluding steroid dienone is 4. The third kappa shape index (κ3) is 3.63. The minimum absolute atomic E-state index is 1.01. The molecule has 1 aliphatic heterocycles. The molecular weight excluding hydrogens is 552 g/mol. The van der Waals surface area contributed by atoms with Crippen LogP contribution in [0.4, 0.5) is 0 Å². The lowest BCUT2D eigenvalue weighted by atomic mass is 10.0. The fraction of sp³-hybridized carbons (Fsp3) is 0.133. The second-order valence-corrected chi connectivity index (χ2v) is 17.6. The highest BCUT2D eigenvalue weighted by atomic mass is 32.4. The van der Waals surface area contributed by atoms with E-state index in [0.29, 0.717) is 0 Å². The van der Waals surface area contributed by atoms with Crippen LogP contribution in [0.15, 0.2) is 77.7 Å². The number of thiol groups is 1. The van der Waals surface area contributed by atoms with Crippen molar-refractivity contribution in [3.05, 3.63) is 92.4 Å². The van der Waals surface area contributed by atoms with Gasteiger partial charge in [0.15, 0.2) is 0 Å². The molecule has 4 heterocycles. The molecule has 3 aromatic heterocycles. The zero-order valence-electron chi connectivity index (χ0n) is 20.5. The van der Waals surface area contributed by atoms with Gasteiger partial charge in [0, 0.05) is 47.3 Å². The molecule has 0 amide bonds. The van der Waals surface area contributed by atoms with Gasteiger partial charge in [-0.2, -0.15) is 0 Å². The zero-order valence-corrected chi connectivity index (χ0v) is 25.5. The summed E-state index contributed by atoms with van der Waals surface area (Å²) in [6, 6.07) is 19.9. The molecule has 36 heavy (non-hydrogen) atoms. The van der Waals surface area contributed by atoms with Crippen LogP contribution in [0.1, 0.15) is 28.5 Å². The van der Waals surface area contributed by atoms with Crippen LogP contribution < -0.4 is 15.9 Å². The summed E-state index contributed by atoms with van der Waals surface area (Å²) in [5.74, 6) is 0. The number of benzene rings is 2. The van der Waals surface area contributed by atoms with E-state index in [-0.39, 0.29) is 0 Å². The standard InChI is InChI=1S/C30H25PS5/c1-5-20(15-17(2)32)27-25(23-16-18(3)34-19(23)4)29-30(35-27)26-28(36-29)22-13-9-10-14-24(22)31(26,33)21-11-7-6-8-12-21/h5-16,32H,1-4H3/b17-15-,20-5-. The SMILES string of the molecule is C/C=C(/C=C(/C)S)c1sc2c3c(sc2c1-c1cc(C)sc1C)-c1ccccc1P3(=S)c1ccccc1. The highest BCUT2D eigenvalue weighted by Gasteiger charge is 2.41. The molecule has 1 aliphatic rings. The lowest BCUT2D eigenvalue weighted by molar-refractivity contribution is 1.59. The Morgan fingerprint density at radius 3 is 2.31 bits per heavy atom. The number of thiophene rings is 3. The van der Waals surface area contributed by atoms with E-state index >= 15 is 0 Å². The van der Waals surface area contributed by atoms with Gasteiger partial charge in [-0.05, 0) is 61.2 Å². The van der Waals surface area contributed by atoms with E-state index in [1.54, 1.807) is 0 Å². The van der Waals surface area contributed by atoms with Crippen molar-refractivity contribution in [3.8, 4) is 21.6 Å². The van der Waals surface area contributed by atoms with Crippen molar-refractivity contribution in [2.75, 3.05) is 0 Å². The Kier molecular flexibility index (Phi) is 6.31. The Balaban J connectivity index is 1.76. The molecule has 0 spiro atoms. The normalized spacial score (nSPS) is 17.6. The Labute approximate surface area is 235 Å². The smallest absolute Gasteiger partial charge is 0.0561 e. The molecule has 1 unspecified atom stereocenters. The molecule has 180 valence electrons. The molecule has 0 aliphatic carbocycles. The third-order valence-electron chi connectivity index (χ3n) is 6.67. The molecule has 0 saturated carbocycles. The van der Waals surface area contributed by atoms with E-state index in [9.17, 15) is 0 Å². The van der Waals surface area contributed by atoms with E-state index in [4.69, 9.17) is 11.8 Å². The van der Waals surface area contributed by atoms with Gasteiger partial charge < -0.3 is 0 Å². The van der Waals surface area contributed by atoms with Gasteiger partial charge in [0.25, 0.3) is 0 Å². The number of hydrogen-bond acceptors (Lipinski definition) is 5. The Hall–Kier alpha value is -1.72. The molecule has 0 fully saturated rings. The second kappa shape index (κ2) is 9.23. The summed E-state index contributed by atoms with van der Waals surface area (Å²) < 4.78 is 2.75. The van der Waals surface area contributed by atoms with Gasteiger partial charge in [0.2, 0.25) is 0 Å². The van der Waals surface area contributed by atoms with E-state index in [0.717, 1.165) is 4.91 Å². The molecule has 6 rings (SSSR count). The molecule has 0 saturated heterocycles. The van der Waals surface area contributed by atoms with Crippen molar-refractivity contribution in [3.63, 3.8) is 0 Å². The molecule has 0 bridgehead atoms. The first-order valence-corrected chi connectivity index (χ1v) is 17.5. The van der Waals surface area contributed by atoms with Crippen molar-refractivity contribution in [2.24, 2.45) is 0 Å². The van der Waals surface area contributed by atoms with Crippen molar-refractivity contribution < 1.29 is 0 Å². The summed E-state index contributed by atoms with van der Waals surface area (Å²) in [5, 5.41) is 4.02. The van der Waals surface area contributed by atoms with Crippen molar-refractivity contribution in [2.45, 2.75) is 27.7 Å². The summed E-state index contributed by atoms with van der Waals surface area (Å²) in [7, 11) is 0. The maximum atomic E-state index is 6.78. The average Bonchev–Trinajstić information content (AvgIpc) is 3.57. The first-order valence-electron chi connectivity index (χ1n) is 11.8. The molecule has 0 radical (unpaired) electrons. The average molecular weight is 577 g/mol. The maximum Gasteiger partial charge on any atom is 0.0561 e. The first kappa shape index (κ1) is 24.6. The van der Waals surface area contributed by atoms with Crippen LogP contribution in [-0.2, 0) is 11.8 Å². The predicted molar refractivity (Wildman–Crippen MR) is 174 cm³/mol. The van der Waals surface area contributed by atoms with Crippen molar-refractivity contribution in [1.82, 2.24) is 0 Å². The Morgan fingerprint density at radius 2 is 1.64 bits per heavy atom. The Bertz CT molecular complexity index is 1750. The van der Waals surface area contributed by atoms with Crippen LogP contribution in [-0.4, -0.2) is 0 Å². The molecule has 0 nitrogen and oxygen atoms in total. The molecule has 6 heteroatoms. The Morgan fingerprint density at radius 1 is 0.917 bits per heavy atom. The lowest BCUT2D eigenvalue weighted by Gasteiger charge is -2.19. The lowest BCUT2D eigenvalue weighted by Crippen LogP contribution is -2.19. The largest absolute Gasteiger partial charge is 0.148 e. The summed E-state index contributed by atoms with van der Waals surface area (Å²) in [4.78, 5) is 6.42. The first-order chi connectivity index (χ1) is 17.3. The maximum absolute atomic E-state index is 6.78. The van der Waals surface area contributed by atoms with Crippen LogP contribution in [0.3, 0.4) is 0 Å². The van der Waals surface area contributed by atoms with E-state index in [2.05, 4.69) is 106 Å². The van der Waals surface area contributed by atoms with Gasteiger partial charge in [0.1, 0.15) is 0 Å². The van der Waals surface area contributed by atoms with Crippen LogP contribution in [0.5, 0.6) is 0 Å². The molecule has 1 atom stereocenters. The molecule has 5 aromatic rings. The van der Waals surface area contributed by atoms with Gasteiger partial charge in [0.05, 0.1) is 9.40 Å².